The summed E-state index contributed by atoms with van der Waals surface area (Å²) in [5.74, 6) is -0.639. The molecule has 1 saturated heterocycles. The molecule has 0 radical (unpaired) electrons. The molecule has 1 aromatic rings. The van der Waals surface area contributed by atoms with Gasteiger partial charge in [-0.1, -0.05) is 5.16 Å². The van der Waals surface area contributed by atoms with E-state index >= 15 is 0 Å². The van der Waals surface area contributed by atoms with Gasteiger partial charge in [0.2, 0.25) is 6.39 Å². The molecule has 0 atom stereocenters. The summed E-state index contributed by atoms with van der Waals surface area (Å²) >= 11 is 0. The maximum Gasteiger partial charge on any atom is 0.391 e. The fraction of sp³-hybridized carbons (Fsp3) is 0.778. The van der Waals surface area contributed by atoms with Crippen molar-refractivity contribution in [3.63, 3.8) is 0 Å². The summed E-state index contributed by atoms with van der Waals surface area (Å²) in [4.78, 5) is 5.75. The molecule has 1 aliphatic heterocycles. The van der Waals surface area contributed by atoms with E-state index in [1.165, 1.54) is 6.39 Å². The minimum absolute atomic E-state index is 0. The minimum atomic E-state index is -4.06. The number of aromatic nitrogens is 2. The van der Waals surface area contributed by atoms with Crippen LogP contribution in [0.2, 0.25) is 0 Å². The normalized spacial score (nSPS) is 19.0. The Balaban J connectivity index is 0.00000144. The van der Waals surface area contributed by atoms with Crippen LogP contribution in [-0.2, 0) is 6.54 Å². The first kappa shape index (κ1) is 14.2. The average Bonchev–Trinajstić information content (AvgIpc) is 2.70. The molecule has 17 heavy (non-hydrogen) atoms. The van der Waals surface area contributed by atoms with Crippen LogP contribution in [0.3, 0.4) is 0 Å². The summed E-state index contributed by atoms with van der Waals surface area (Å²) in [6.45, 7) is 1.32. The Morgan fingerprint density at radius 2 is 2.00 bits per heavy atom. The predicted molar refractivity (Wildman–Crippen MR) is 55.6 cm³/mol. The van der Waals surface area contributed by atoms with Crippen molar-refractivity contribution < 1.29 is 17.7 Å². The second-order valence-corrected chi connectivity index (χ2v) is 3.94. The predicted octanol–water partition coefficient (Wildman–Crippen LogP) is 2.27. The molecule has 1 aromatic heterocycles. The highest BCUT2D eigenvalue weighted by atomic mass is 35.5. The van der Waals surface area contributed by atoms with E-state index in [0.29, 0.717) is 25.5 Å². The van der Waals surface area contributed by atoms with E-state index in [2.05, 4.69) is 14.7 Å². The number of hydrogen-bond acceptors (Lipinski definition) is 4. The second-order valence-electron chi connectivity index (χ2n) is 3.94. The quantitative estimate of drug-likeness (QED) is 0.827. The summed E-state index contributed by atoms with van der Waals surface area (Å²) < 4.78 is 41.7. The van der Waals surface area contributed by atoms with Crippen molar-refractivity contribution in [3.05, 3.63) is 12.2 Å². The van der Waals surface area contributed by atoms with E-state index in [1.807, 2.05) is 4.90 Å². The van der Waals surface area contributed by atoms with Gasteiger partial charge in [0.25, 0.3) is 0 Å². The zero-order chi connectivity index (χ0) is 11.6. The lowest BCUT2D eigenvalue weighted by atomic mass is 9.96. The Kier molecular flexibility index (Phi) is 4.76. The SMILES string of the molecule is Cl.FC(F)(F)C1CCN(Cc2ncon2)CC1. The topological polar surface area (TPSA) is 42.2 Å². The van der Waals surface area contributed by atoms with Crippen LogP contribution in [0.5, 0.6) is 0 Å². The number of alkyl halides is 3. The number of piperidine rings is 1. The standard InChI is InChI=1S/C9H12F3N3O.ClH/c10-9(11,12)7-1-3-15(4-2-7)5-8-13-6-16-14-8;/h6-7H,1-5H2;1H. The fourth-order valence-corrected chi connectivity index (χ4v) is 1.88. The minimum Gasteiger partial charge on any atom is -0.343 e. The maximum absolute atomic E-state index is 12.4. The monoisotopic (exact) mass is 271 g/mol. The van der Waals surface area contributed by atoms with E-state index in [9.17, 15) is 13.2 Å². The van der Waals surface area contributed by atoms with Gasteiger partial charge in [0.1, 0.15) is 0 Å². The van der Waals surface area contributed by atoms with Gasteiger partial charge < -0.3 is 4.52 Å². The van der Waals surface area contributed by atoms with Crippen LogP contribution in [0.25, 0.3) is 0 Å². The largest absolute Gasteiger partial charge is 0.391 e. The number of nitrogens with zero attached hydrogens (tertiary/aromatic N) is 3. The third kappa shape index (κ3) is 3.85. The Hall–Kier alpha value is -0.820. The molecule has 0 N–H and O–H groups in total. The first-order valence-electron chi connectivity index (χ1n) is 5.10. The van der Waals surface area contributed by atoms with Gasteiger partial charge in [-0.05, 0) is 25.9 Å². The summed E-state index contributed by atoms with van der Waals surface area (Å²) in [7, 11) is 0. The van der Waals surface area contributed by atoms with Gasteiger partial charge in [-0.3, -0.25) is 4.90 Å². The zero-order valence-electron chi connectivity index (χ0n) is 8.98. The van der Waals surface area contributed by atoms with E-state index < -0.39 is 12.1 Å². The number of rotatable bonds is 2. The Morgan fingerprint density at radius 3 is 2.47 bits per heavy atom. The summed E-state index contributed by atoms with van der Waals surface area (Å²) in [5, 5.41) is 3.63. The smallest absolute Gasteiger partial charge is 0.343 e. The molecule has 2 heterocycles. The molecule has 8 heteroatoms. The highest BCUT2D eigenvalue weighted by Crippen LogP contribution is 2.34. The lowest BCUT2D eigenvalue weighted by Crippen LogP contribution is -2.38. The number of halogens is 4. The first-order valence-corrected chi connectivity index (χ1v) is 5.10. The second kappa shape index (κ2) is 5.68. The van der Waals surface area contributed by atoms with Crippen molar-refractivity contribution in [2.24, 2.45) is 5.92 Å². The molecule has 2 rings (SSSR count). The molecule has 4 nitrogen and oxygen atoms in total. The molecule has 0 aliphatic carbocycles. The van der Waals surface area contributed by atoms with Crippen LogP contribution < -0.4 is 0 Å². The molecule has 0 aromatic carbocycles. The van der Waals surface area contributed by atoms with Gasteiger partial charge in [-0.25, -0.2) is 0 Å². The van der Waals surface area contributed by atoms with Gasteiger partial charge in [0, 0.05) is 0 Å². The van der Waals surface area contributed by atoms with Crippen LogP contribution in [0.1, 0.15) is 18.7 Å². The van der Waals surface area contributed by atoms with Crippen LogP contribution in [-0.4, -0.2) is 34.3 Å². The summed E-state index contributed by atoms with van der Waals surface area (Å²) in [5.41, 5.74) is 0. The average molecular weight is 272 g/mol. The lowest BCUT2D eigenvalue weighted by Gasteiger charge is -2.31. The molecule has 98 valence electrons. The van der Waals surface area contributed by atoms with Crippen LogP contribution in [0.15, 0.2) is 10.9 Å². The van der Waals surface area contributed by atoms with E-state index in [1.54, 1.807) is 0 Å². The van der Waals surface area contributed by atoms with Gasteiger partial charge >= 0.3 is 6.18 Å². The molecule has 0 spiro atoms. The van der Waals surface area contributed by atoms with Gasteiger partial charge in [-0.2, -0.15) is 18.2 Å². The van der Waals surface area contributed by atoms with Crippen molar-refractivity contribution in [3.8, 4) is 0 Å². The Bertz CT molecular complexity index is 323. The fourth-order valence-electron chi connectivity index (χ4n) is 1.88. The molecule has 0 bridgehead atoms. The zero-order valence-corrected chi connectivity index (χ0v) is 9.80. The summed E-state index contributed by atoms with van der Waals surface area (Å²) in [6, 6.07) is 0. The van der Waals surface area contributed by atoms with Crippen LogP contribution in [0.4, 0.5) is 13.2 Å². The van der Waals surface area contributed by atoms with Crippen molar-refractivity contribution in [1.29, 1.82) is 0 Å². The lowest BCUT2D eigenvalue weighted by molar-refractivity contribution is -0.185. The molecule has 0 unspecified atom stereocenters. The van der Waals surface area contributed by atoms with E-state index in [0.717, 1.165) is 0 Å². The molecule has 0 saturated carbocycles. The highest BCUT2D eigenvalue weighted by Gasteiger charge is 2.41. The van der Waals surface area contributed by atoms with Crippen molar-refractivity contribution in [2.45, 2.75) is 25.6 Å². The Labute approximate surface area is 103 Å². The summed E-state index contributed by atoms with van der Waals surface area (Å²) in [6.07, 6.45) is -2.53. The van der Waals surface area contributed by atoms with Crippen molar-refractivity contribution in [1.82, 2.24) is 15.0 Å². The van der Waals surface area contributed by atoms with Crippen LogP contribution >= 0.6 is 12.4 Å². The van der Waals surface area contributed by atoms with E-state index in [-0.39, 0.29) is 25.2 Å². The third-order valence-electron chi connectivity index (χ3n) is 2.82. The van der Waals surface area contributed by atoms with E-state index in [4.69, 9.17) is 0 Å². The van der Waals surface area contributed by atoms with Gasteiger partial charge in [0.15, 0.2) is 5.82 Å². The molecular weight excluding hydrogens is 259 g/mol. The number of hydrogen-bond donors (Lipinski definition) is 0. The molecular formula is C9H13ClF3N3O. The highest BCUT2D eigenvalue weighted by molar-refractivity contribution is 5.85. The molecule has 1 fully saturated rings. The first-order chi connectivity index (χ1) is 7.55. The molecule has 1 aliphatic rings. The molecule has 0 amide bonds. The number of likely N-dealkylation sites (tertiary alicyclic amines) is 1. The third-order valence-corrected chi connectivity index (χ3v) is 2.82. The van der Waals surface area contributed by atoms with Crippen molar-refractivity contribution in [2.75, 3.05) is 13.1 Å². The van der Waals surface area contributed by atoms with Gasteiger partial charge in [0.05, 0.1) is 12.5 Å². The van der Waals surface area contributed by atoms with Crippen molar-refractivity contribution >= 4 is 12.4 Å². The maximum atomic E-state index is 12.4. The Morgan fingerprint density at radius 1 is 1.35 bits per heavy atom. The van der Waals surface area contributed by atoms with Crippen LogP contribution in [0, 0.1) is 5.92 Å². The van der Waals surface area contributed by atoms with Gasteiger partial charge in [-0.15, -0.1) is 12.4 Å².